The zero-order chi connectivity index (χ0) is 15.4. The number of ether oxygens (including phenoxy) is 3. The van der Waals surface area contributed by atoms with E-state index in [0.29, 0.717) is 6.61 Å². The Hall–Kier alpha value is -1.26. The van der Waals surface area contributed by atoms with Crippen molar-refractivity contribution < 1.29 is 14.2 Å². The predicted molar refractivity (Wildman–Crippen MR) is 86.7 cm³/mol. The first kappa shape index (κ1) is 15.6. The van der Waals surface area contributed by atoms with E-state index in [2.05, 4.69) is 25.2 Å². The van der Waals surface area contributed by atoms with E-state index in [0.717, 1.165) is 62.4 Å². The van der Waals surface area contributed by atoms with E-state index in [1.807, 2.05) is 12.1 Å². The molecule has 4 nitrogen and oxygen atoms in total. The minimum absolute atomic E-state index is 0.0694. The van der Waals surface area contributed by atoms with Crippen LogP contribution in [0.4, 0.5) is 0 Å². The largest absolute Gasteiger partial charge is 0.493 e. The molecule has 1 spiro atoms. The number of nitrogens with one attached hydrogen (secondary N) is 1. The smallest absolute Gasteiger partial charge is 0.129 e. The summed E-state index contributed by atoms with van der Waals surface area (Å²) in [5, 5.41) is 3.42. The average Bonchev–Trinajstić information content (AvgIpc) is 2.53. The summed E-state index contributed by atoms with van der Waals surface area (Å²) in [6.07, 6.45) is 4.06. The van der Waals surface area contributed by atoms with E-state index in [1.165, 1.54) is 0 Å². The van der Waals surface area contributed by atoms with Crippen molar-refractivity contribution >= 4 is 0 Å². The van der Waals surface area contributed by atoms with E-state index < -0.39 is 0 Å². The van der Waals surface area contributed by atoms with E-state index in [9.17, 15) is 0 Å². The maximum absolute atomic E-state index is 6.46. The van der Waals surface area contributed by atoms with Crippen LogP contribution in [0.25, 0.3) is 0 Å². The highest BCUT2D eigenvalue weighted by atomic mass is 16.5. The van der Waals surface area contributed by atoms with Crippen molar-refractivity contribution in [3.05, 3.63) is 23.8 Å². The van der Waals surface area contributed by atoms with Crippen molar-refractivity contribution in [2.75, 3.05) is 26.3 Å². The van der Waals surface area contributed by atoms with Crippen LogP contribution in [-0.4, -0.2) is 31.9 Å². The molecule has 0 radical (unpaired) electrons. The third-order valence-electron chi connectivity index (χ3n) is 4.58. The second kappa shape index (κ2) is 6.88. The highest BCUT2D eigenvalue weighted by Gasteiger charge is 2.43. The molecule has 122 valence electrons. The molecule has 2 aliphatic rings. The Morgan fingerprint density at radius 2 is 2.09 bits per heavy atom. The first-order chi connectivity index (χ1) is 10.8. The van der Waals surface area contributed by atoms with Crippen LogP contribution < -0.4 is 14.8 Å². The van der Waals surface area contributed by atoms with Gasteiger partial charge in [0.1, 0.15) is 17.1 Å². The molecule has 1 unspecified atom stereocenters. The second-order valence-electron chi connectivity index (χ2n) is 6.20. The summed E-state index contributed by atoms with van der Waals surface area (Å²) in [5.74, 6) is 1.86. The van der Waals surface area contributed by atoms with Crippen LogP contribution in [0.15, 0.2) is 18.2 Å². The van der Waals surface area contributed by atoms with Crippen molar-refractivity contribution in [1.82, 2.24) is 5.32 Å². The summed E-state index contributed by atoms with van der Waals surface area (Å²) in [7, 11) is 0. The average molecular weight is 305 g/mol. The van der Waals surface area contributed by atoms with Gasteiger partial charge in [-0.15, -0.1) is 0 Å². The Bertz CT molecular complexity index is 497. The fourth-order valence-corrected chi connectivity index (χ4v) is 3.51. The van der Waals surface area contributed by atoms with Gasteiger partial charge < -0.3 is 19.5 Å². The number of fused-ring (bicyclic) bond motifs is 1. The molecule has 0 aromatic heterocycles. The first-order valence-electron chi connectivity index (χ1n) is 8.55. The van der Waals surface area contributed by atoms with Crippen LogP contribution >= 0.6 is 0 Å². The molecule has 0 aliphatic carbocycles. The number of rotatable bonds is 5. The van der Waals surface area contributed by atoms with Crippen molar-refractivity contribution in [2.24, 2.45) is 0 Å². The van der Waals surface area contributed by atoms with Crippen molar-refractivity contribution in [1.29, 1.82) is 0 Å². The molecule has 1 fully saturated rings. The highest BCUT2D eigenvalue weighted by Crippen LogP contribution is 2.48. The molecule has 2 aliphatic heterocycles. The fourth-order valence-electron chi connectivity index (χ4n) is 3.51. The standard InChI is InChI=1S/C18H27NO3/c1-3-12-21-14-6-5-7-15-17(14)16(20-4-2)13-18(22-15)8-10-19-11-9-18/h5-7,16,19H,3-4,8-13H2,1-2H3. The molecule has 0 bridgehead atoms. The highest BCUT2D eigenvalue weighted by molar-refractivity contribution is 5.48. The second-order valence-corrected chi connectivity index (χ2v) is 6.20. The zero-order valence-corrected chi connectivity index (χ0v) is 13.7. The molecule has 0 saturated carbocycles. The van der Waals surface area contributed by atoms with Gasteiger partial charge in [0, 0.05) is 13.0 Å². The molecule has 4 heteroatoms. The molecular formula is C18H27NO3. The van der Waals surface area contributed by atoms with Crippen LogP contribution in [0.5, 0.6) is 11.5 Å². The van der Waals surface area contributed by atoms with Crippen molar-refractivity contribution in [3.8, 4) is 11.5 Å². The molecule has 3 rings (SSSR count). The molecule has 1 aromatic rings. The lowest BCUT2D eigenvalue weighted by molar-refractivity contribution is -0.0601. The lowest BCUT2D eigenvalue weighted by atomic mass is 9.82. The summed E-state index contributed by atoms with van der Waals surface area (Å²) in [5.41, 5.74) is 1.02. The van der Waals surface area contributed by atoms with Gasteiger partial charge in [0.15, 0.2) is 0 Å². The summed E-state index contributed by atoms with van der Waals surface area (Å²) in [4.78, 5) is 0. The molecule has 1 saturated heterocycles. The first-order valence-corrected chi connectivity index (χ1v) is 8.55. The molecule has 1 atom stereocenters. The maximum atomic E-state index is 6.46. The molecule has 22 heavy (non-hydrogen) atoms. The van der Waals surface area contributed by atoms with Gasteiger partial charge in [-0.3, -0.25) is 0 Å². The Labute approximate surface area is 133 Å². The van der Waals surface area contributed by atoms with Crippen LogP contribution in [0, 0.1) is 0 Å². The Kier molecular flexibility index (Phi) is 4.89. The van der Waals surface area contributed by atoms with Gasteiger partial charge in [0.25, 0.3) is 0 Å². The normalized spacial score (nSPS) is 22.9. The van der Waals surface area contributed by atoms with Crippen LogP contribution in [0.3, 0.4) is 0 Å². The number of hydrogen-bond donors (Lipinski definition) is 1. The Balaban J connectivity index is 1.92. The lowest BCUT2D eigenvalue weighted by Gasteiger charge is -2.44. The number of piperidine rings is 1. The molecule has 1 N–H and O–H groups in total. The van der Waals surface area contributed by atoms with Crippen LogP contribution in [0.1, 0.15) is 51.2 Å². The van der Waals surface area contributed by atoms with Crippen molar-refractivity contribution in [3.63, 3.8) is 0 Å². The SMILES string of the molecule is CCCOc1cccc2c1C(OCC)CC1(CCNCC1)O2. The summed E-state index contributed by atoms with van der Waals surface area (Å²) in [6.45, 7) is 7.64. The number of hydrogen-bond acceptors (Lipinski definition) is 4. The van der Waals surface area contributed by atoms with E-state index in [4.69, 9.17) is 14.2 Å². The monoisotopic (exact) mass is 305 g/mol. The number of benzene rings is 1. The van der Waals surface area contributed by atoms with Gasteiger partial charge in [-0.1, -0.05) is 13.0 Å². The summed E-state index contributed by atoms with van der Waals surface area (Å²) >= 11 is 0. The van der Waals surface area contributed by atoms with Gasteiger partial charge in [-0.25, -0.2) is 0 Å². The van der Waals surface area contributed by atoms with Crippen molar-refractivity contribution in [2.45, 2.75) is 51.2 Å². The third-order valence-corrected chi connectivity index (χ3v) is 4.58. The predicted octanol–water partition coefficient (Wildman–Crippen LogP) is 3.46. The summed E-state index contributed by atoms with van der Waals surface area (Å²) < 4.78 is 18.5. The lowest BCUT2D eigenvalue weighted by Crippen LogP contribution is -2.49. The molecule has 1 aromatic carbocycles. The maximum Gasteiger partial charge on any atom is 0.129 e. The van der Waals surface area contributed by atoms with E-state index >= 15 is 0 Å². The minimum atomic E-state index is -0.0819. The fraction of sp³-hybridized carbons (Fsp3) is 0.667. The molecular weight excluding hydrogens is 278 g/mol. The van der Waals surface area contributed by atoms with Gasteiger partial charge in [-0.2, -0.15) is 0 Å². The molecule has 0 amide bonds. The minimum Gasteiger partial charge on any atom is -0.493 e. The van der Waals surface area contributed by atoms with E-state index in [1.54, 1.807) is 0 Å². The molecule has 2 heterocycles. The third kappa shape index (κ3) is 3.08. The van der Waals surface area contributed by atoms with Crippen LogP contribution in [-0.2, 0) is 4.74 Å². The van der Waals surface area contributed by atoms with Gasteiger partial charge in [0.05, 0.1) is 18.3 Å². The topological polar surface area (TPSA) is 39.7 Å². The van der Waals surface area contributed by atoms with Crippen LogP contribution in [0.2, 0.25) is 0 Å². The van der Waals surface area contributed by atoms with E-state index in [-0.39, 0.29) is 11.7 Å². The van der Waals surface area contributed by atoms with Gasteiger partial charge in [0.2, 0.25) is 0 Å². The van der Waals surface area contributed by atoms with Gasteiger partial charge >= 0.3 is 0 Å². The Morgan fingerprint density at radius 3 is 2.82 bits per heavy atom. The quantitative estimate of drug-likeness (QED) is 0.904. The van der Waals surface area contributed by atoms with Gasteiger partial charge in [-0.05, 0) is 51.4 Å². The summed E-state index contributed by atoms with van der Waals surface area (Å²) in [6, 6.07) is 6.11. The Morgan fingerprint density at radius 1 is 1.27 bits per heavy atom. The zero-order valence-electron chi connectivity index (χ0n) is 13.7.